The Kier molecular flexibility index (Phi) is 7.01. The first-order chi connectivity index (χ1) is 18.1. The van der Waals surface area contributed by atoms with Crippen molar-refractivity contribution in [2.24, 2.45) is 0 Å². The first-order valence-corrected chi connectivity index (χ1v) is 13.4. The lowest BCUT2D eigenvalue weighted by Crippen LogP contribution is -2.41. The van der Waals surface area contributed by atoms with E-state index >= 15 is 0 Å². The smallest absolute Gasteiger partial charge is 0.493 e. The zero-order valence-corrected chi connectivity index (χ0v) is 23.1. The van der Waals surface area contributed by atoms with Crippen LogP contribution in [0.1, 0.15) is 62.7 Å². The predicted octanol–water partition coefficient (Wildman–Crippen LogP) is 6.12. The van der Waals surface area contributed by atoms with Gasteiger partial charge in [-0.3, -0.25) is 0 Å². The van der Waals surface area contributed by atoms with Gasteiger partial charge in [0.1, 0.15) is 11.4 Å². The average Bonchev–Trinajstić information content (AvgIpc) is 3.34. The molecule has 1 aliphatic rings. The number of hydrogen-bond acceptors (Lipinski definition) is 5. The SMILES string of the molecule is CCOC(=O)c1[nH]c2c(B3OC(C)(C)C(C)(C)O3)c(C)ccc2c1CCCOc1cccc2ccccc12. The van der Waals surface area contributed by atoms with Gasteiger partial charge in [0, 0.05) is 21.8 Å². The van der Waals surface area contributed by atoms with E-state index in [1.807, 2.05) is 65.8 Å². The van der Waals surface area contributed by atoms with Crippen LogP contribution in [0.25, 0.3) is 21.7 Å². The molecule has 1 fully saturated rings. The maximum Gasteiger partial charge on any atom is 0.497 e. The Labute approximate surface area is 224 Å². The third kappa shape index (κ3) is 4.70. The number of aromatic nitrogens is 1. The molecular weight excluding hydrogens is 477 g/mol. The summed E-state index contributed by atoms with van der Waals surface area (Å²) >= 11 is 0. The van der Waals surface area contributed by atoms with Crippen molar-refractivity contribution in [3.8, 4) is 5.75 Å². The number of nitrogens with one attached hydrogen (secondary N) is 1. The van der Waals surface area contributed by atoms with E-state index in [2.05, 4.69) is 35.3 Å². The molecule has 38 heavy (non-hydrogen) atoms. The zero-order chi connectivity index (χ0) is 27.1. The lowest BCUT2D eigenvalue weighted by molar-refractivity contribution is 0.00578. The van der Waals surface area contributed by atoms with E-state index in [-0.39, 0.29) is 5.97 Å². The van der Waals surface area contributed by atoms with Gasteiger partial charge in [-0.15, -0.1) is 0 Å². The number of ether oxygens (including phenoxy) is 2. The number of H-pyrrole nitrogens is 1. The standard InChI is InChI=1S/C31H36BNO5/c1-7-35-29(34)28-23(15-11-19-36-25-16-10-13-21-12-8-9-14-22(21)25)24-18-17-20(2)26(27(24)33-28)32-37-30(3,4)31(5,6)38-32/h8-10,12-14,16-18,33H,7,11,15,19H2,1-6H3. The number of aromatic amines is 1. The van der Waals surface area contributed by atoms with E-state index in [0.29, 0.717) is 25.3 Å². The molecule has 6 nitrogen and oxygen atoms in total. The quantitative estimate of drug-likeness (QED) is 0.175. The number of esters is 1. The second-order valence-corrected chi connectivity index (χ2v) is 10.9. The van der Waals surface area contributed by atoms with E-state index in [1.165, 1.54) is 0 Å². The summed E-state index contributed by atoms with van der Waals surface area (Å²) in [6.45, 7) is 12.9. The van der Waals surface area contributed by atoms with Gasteiger partial charge in [0.2, 0.25) is 0 Å². The normalized spacial score (nSPS) is 16.3. The highest BCUT2D eigenvalue weighted by molar-refractivity contribution is 6.65. The molecule has 0 saturated carbocycles. The minimum Gasteiger partial charge on any atom is -0.493 e. The fourth-order valence-electron chi connectivity index (χ4n) is 5.10. The number of aryl methyl sites for hydroxylation is 2. The molecule has 0 bridgehead atoms. The summed E-state index contributed by atoms with van der Waals surface area (Å²) < 4.78 is 24.4. The fourth-order valence-corrected chi connectivity index (χ4v) is 5.10. The predicted molar refractivity (Wildman–Crippen MR) is 152 cm³/mol. The maximum absolute atomic E-state index is 13.0. The summed E-state index contributed by atoms with van der Waals surface area (Å²) in [5, 5.41) is 3.22. The lowest BCUT2D eigenvalue weighted by atomic mass is 9.75. The van der Waals surface area contributed by atoms with Crippen molar-refractivity contribution in [1.29, 1.82) is 0 Å². The highest BCUT2D eigenvalue weighted by Gasteiger charge is 2.52. The van der Waals surface area contributed by atoms with Gasteiger partial charge < -0.3 is 23.8 Å². The Balaban J connectivity index is 1.45. The van der Waals surface area contributed by atoms with Gasteiger partial charge in [0.05, 0.1) is 24.4 Å². The molecule has 0 spiro atoms. The summed E-state index contributed by atoms with van der Waals surface area (Å²) in [5.74, 6) is 0.512. The molecule has 1 aliphatic heterocycles. The molecule has 7 heteroatoms. The number of benzene rings is 3. The number of hydrogen-bond donors (Lipinski definition) is 1. The molecule has 0 radical (unpaired) electrons. The topological polar surface area (TPSA) is 69.8 Å². The number of fused-ring (bicyclic) bond motifs is 2. The highest BCUT2D eigenvalue weighted by Crippen LogP contribution is 2.38. The van der Waals surface area contributed by atoms with Crippen LogP contribution in [0.5, 0.6) is 5.75 Å². The van der Waals surface area contributed by atoms with Crippen LogP contribution in [0.2, 0.25) is 0 Å². The Morgan fingerprint density at radius 3 is 2.39 bits per heavy atom. The first-order valence-electron chi connectivity index (χ1n) is 13.4. The summed E-state index contributed by atoms with van der Waals surface area (Å²) in [6.07, 6.45) is 1.40. The number of rotatable bonds is 8. The monoisotopic (exact) mass is 513 g/mol. The van der Waals surface area contributed by atoms with Crippen molar-refractivity contribution >= 4 is 40.2 Å². The second kappa shape index (κ2) is 10.1. The van der Waals surface area contributed by atoms with Crippen LogP contribution in [-0.2, 0) is 20.5 Å². The average molecular weight is 513 g/mol. The number of carbonyl (C=O) groups is 1. The third-order valence-corrected chi connectivity index (χ3v) is 7.89. The minimum atomic E-state index is -0.542. The Bertz CT molecular complexity index is 1470. The first kappa shape index (κ1) is 26.3. The molecule has 0 aliphatic carbocycles. The van der Waals surface area contributed by atoms with E-state index in [1.54, 1.807) is 0 Å². The molecule has 1 saturated heterocycles. The number of carbonyl (C=O) groups excluding carboxylic acids is 1. The summed E-state index contributed by atoms with van der Waals surface area (Å²) in [7, 11) is -0.542. The molecule has 1 N–H and O–H groups in total. The Hall–Kier alpha value is -3.29. The second-order valence-electron chi connectivity index (χ2n) is 10.9. The highest BCUT2D eigenvalue weighted by atomic mass is 16.7. The maximum atomic E-state index is 13.0. The fraction of sp³-hybridized carbons (Fsp3) is 0.387. The van der Waals surface area contributed by atoms with Crippen LogP contribution in [0.15, 0.2) is 54.6 Å². The van der Waals surface area contributed by atoms with Crippen LogP contribution in [0, 0.1) is 6.92 Å². The van der Waals surface area contributed by atoms with Gasteiger partial charge in [0.25, 0.3) is 0 Å². The van der Waals surface area contributed by atoms with Gasteiger partial charge in [-0.05, 0) is 77.0 Å². The van der Waals surface area contributed by atoms with Gasteiger partial charge in [-0.25, -0.2) is 4.79 Å². The van der Waals surface area contributed by atoms with Gasteiger partial charge in [-0.1, -0.05) is 48.5 Å². The lowest BCUT2D eigenvalue weighted by Gasteiger charge is -2.32. The minimum absolute atomic E-state index is 0.306. The Morgan fingerprint density at radius 2 is 1.66 bits per heavy atom. The van der Waals surface area contributed by atoms with Crippen LogP contribution >= 0.6 is 0 Å². The van der Waals surface area contributed by atoms with Gasteiger partial charge >= 0.3 is 13.1 Å². The van der Waals surface area contributed by atoms with E-state index in [4.69, 9.17) is 18.8 Å². The molecular formula is C31H36BNO5. The van der Waals surface area contributed by atoms with Crippen LogP contribution in [0.4, 0.5) is 0 Å². The van der Waals surface area contributed by atoms with Crippen molar-refractivity contribution in [2.75, 3.05) is 13.2 Å². The largest absolute Gasteiger partial charge is 0.497 e. The van der Waals surface area contributed by atoms with Crippen LogP contribution < -0.4 is 10.2 Å². The molecule has 5 rings (SSSR count). The zero-order valence-electron chi connectivity index (χ0n) is 23.1. The van der Waals surface area contributed by atoms with E-state index in [0.717, 1.165) is 50.4 Å². The van der Waals surface area contributed by atoms with Gasteiger partial charge in [0.15, 0.2) is 0 Å². The Morgan fingerprint density at radius 1 is 0.947 bits per heavy atom. The molecule has 0 amide bonds. The molecule has 4 aromatic rings. The molecule has 0 atom stereocenters. The van der Waals surface area contributed by atoms with Crippen molar-refractivity contribution < 1.29 is 23.6 Å². The molecule has 3 aromatic carbocycles. The molecule has 198 valence electrons. The third-order valence-electron chi connectivity index (χ3n) is 7.89. The van der Waals surface area contributed by atoms with Crippen molar-refractivity contribution in [2.45, 2.75) is 65.6 Å². The van der Waals surface area contributed by atoms with E-state index < -0.39 is 18.3 Å². The summed E-state index contributed by atoms with van der Waals surface area (Å²) in [4.78, 5) is 16.4. The molecule has 1 aromatic heterocycles. The van der Waals surface area contributed by atoms with E-state index in [9.17, 15) is 4.79 Å². The van der Waals surface area contributed by atoms with Crippen molar-refractivity contribution in [3.05, 3.63) is 71.4 Å². The van der Waals surface area contributed by atoms with Gasteiger partial charge in [-0.2, -0.15) is 0 Å². The van der Waals surface area contributed by atoms with Crippen LogP contribution in [0.3, 0.4) is 0 Å². The molecule has 2 heterocycles. The van der Waals surface area contributed by atoms with Crippen LogP contribution in [-0.4, -0.2) is 42.5 Å². The van der Waals surface area contributed by atoms with Crippen molar-refractivity contribution in [1.82, 2.24) is 4.98 Å². The van der Waals surface area contributed by atoms with Crippen molar-refractivity contribution in [3.63, 3.8) is 0 Å². The summed E-state index contributed by atoms with van der Waals surface area (Å²) in [6, 6.07) is 18.4. The summed E-state index contributed by atoms with van der Waals surface area (Å²) in [5.41, 5.74) is 3.29. The molecule has 0 unspecified atom stereocenters.